The zero-order valence-corrected chi connectivity index (χ0v) is 16.5. The van der Waals surface area contributed by atoms with Gasteiger partial charge in [0.25, 0.3) is 0 Å². The SMILES string of the molecule is CCOC(=O)Cc1csc(NN=Cc2ccc(-c3cccc(OC)c3)cc2)n1. The Bertz CT molecular complexity index is 952. The Hall–Kier alpha value is -3.19. The second-order valence-corrected chi connectivity index (χ2v) is 6.71. The van der Waals surface area contributed by atoms with Crippen LogP contribution >= 0.6 is 11.3 Å². The van der Waals surface area contributed by atoms with Crippen molar-refractivity contribution >= 4 is 28.7 Å². The lowest BCUT2D eigenvalue weighted by Gasteiger charge is -2.05. The molecule has 0 aliphatic carbocycles. The van der Waals surface area contributed by atoms with Crippen LogP contribution in [-0.4, -0.2) is 30.9 Å². The van der Waals surface area contributed by atoms with Crippen LogP contribution in [0, 0.1) is 0 Å². The van der Waals surface area contributed by atoms with Gasteiger partial charge in [-0.15, -0.1) is 11.3 Å². The van der Waals surface area contributed by atoms with Gasteiger partial charge in [0.05, 0.1) is 32.0 Å². The maximum atomic E-state index is 11.5. The fraction of sp³-hybridized carbons (Fsp3) is 0.190. The van der Waals surface area contributed by atoms with Gasteiger partial charge < -0.3 is 9.47 Å². The predicted molar refractivity (Wildman–Crippen MR) is 112 cm³/mol. The Morgan fingerprint density at radius 2 is 2.04 bits per heavy atom. The fourth-order valence-corrected chi connectivity index (χ4v) is 3.18. The van der Waals surface area contributed by atoms with Gasteiger partial charge in [0, 0.05) is 5.38 Å². The molecule has 1 aromatic heterocycles. The minimum Gasteiger partial charge on any atom is -0.497 e. The Balaban J connectivity index is 1.57. The summed E-state index contributed by atoms with van der Waals surface area (Å²) in [5.41, 5.74) is 6.72. The molecule has 1 heterocycles. The molecule has 3 rings (SSSR count). The van der Waals surface area contributed by atoms with Crippen molar-refractivity contribution in [2.45, 2.75) is 13.3 Å². The van der Waals surface area contributed by atoms with Gasteiger partial charge in [-0.2, -0.15) is 5.10 Å². The number of anilines is 1. The predicted octanol–water partition coefficient (Wildman–Crippen LogP) is 4.37. The first-order chi connectivity index (χ1) is 13.7. The number of methoxy groups -OCH3 is 1. The molecular weight excluding hydrogens is 374 g/mol. The van der Waals surface area contributed by atoms with E-state index in [4.69, 9.17) is 9.47 Å². The first kappa shape index (κ1) is 19.6. The minimum absolute atomic E-state index is 0.168. The van der Waals surface area contributed by atoms with E-state index in [-0.39, 0.29) is 12.4 Å². The van der Waals surface area contributed by atoms with Crippen molar-refractivity contribution in [2.24, 2.45) is 5.10 Å². The highest BCUT2D eigenvalue weighted by Crippen LogP contribution is 2.24. The average molecular weight is 395 g/mol. The van der Waals surface area contributed by atoms with Gasteiger partial charge in [-0.3, -0.25) is 10.2 Å². The first-order valence-electron chi connectivity index (χ1n) is 8.81. The number of nitrogens with zero attached hydrogens (tertiary/aromatic N) is 2. The van der Waals surface area contributed by atoms with E-state index in [1.807, 2.05) is 53.9 Å². The maximum absolute atomic E-state index is 11.5. The van der Waals surface area contributed by atoms with Crippen LogP contribution in [0.4, 0.5) is 5.13 Å². The summed E-state index contributed by atoms with van der Waals surface area (Å²) in [7, 11) is 1.66. The lowest BCUT2D eigenvalue weighted by atomic mass is 10.0. The highest BCUT2D eigenvalue weighted by Gasteiger charge is 2.07. The zero-order chi connectivity index (χ0) is 19.8. The molecule has 0 saturated heterocycles. The number of ether oxygens (including phenoxy) is 2. The van der Waals surface area contributed by atoms with Gasteiger partial charge in [-0.25, -0.2) is 4.98 Å². The summed E-state index contributed by atoms with van der Waals surface area (Å²) in [6, 6.07) is 16.0. The number of rotatable bonds is 8. The summed E-state index contributed by atoms with van der Waals surface area (Å²) < 4.78 is 10.2. The molecule has 0 unspecified atom stereocenters. The van der Waals surface area contributed by atoms with E-state index in [2.05, 4.69) is 15.5 Å². The van der Waals surface area contributed by atoms with Crippen molar-refractivity contribution in [3.63, 3.8) is 0 Å². The van der Waals surface area contributed by atoms with Gasteiger partial charge >= 0.3 is 5.97 Å². The number of carbonyl (C=O) groups excluding carboxylic acids is 1. The van der Waals surface area contributed by atoms with Gasteiger partial charge in [0.15, 0.2) is 0 Å². The van der Waals surface area contributed by atoms with Crippen LogP contribution in [-0.2, 0) is 16.0 Å². The second kappa shape index (κ2) is 9.66. The van der Waals surface area contributed by atoms with Crippen molar-refractivity contribution in [3.05, 3.63) is 65.2 Å². The molecule has 0 aliphatic heterocycles. The summed E-state index contributed by atoms with van der Waals surface area (Å²) in [5.74, 6) is 0.553. The molecular formula is C21H21N3O3S. The highest BCUT2D eigenvalue weighted by molar-refractivity contribution is 7.13. The third-order valence-electron chi connectivity index (χ3n) is 3.87. The average Bonchev–Trinajstić information content (AvgIpc) is 3.16. The molecule has 2 aromatic carbocycles. The Morgan fingerprint density at radius 1 is 1.21 bits per heavy atom. The van der Waals surface area contributed by atoms with Gasteiger partial charge in [0.2, 0.25) is 5.13 Å². The Kier molecular flexibility index (Phi) is 6.75. The first-order valence-corrected chi connectivity index (χ1v) is 9.69. The van der Waals surface area contributed by atoms with Crippen LogP contribution in [0.25, 0.3) is 11.1 Å². The van der Waals surface area contributed by atoms with Crippen molar-refractivity contribution in [1.29, 1.82) is 0 Å². The van der Waals surface area contributed by atoms with Crippen LogP contribution in [0.1, 0.15) is 18.2 Å². The number of esters is 1. The van der Waals surface area contributed by atoms with Crippen molar-refractivity contribution in [3.8, 4) is 16.9 Å². The molecule has 0 fully saturated rings. The van der Waals surface area contributed by atoms with E-state index >= 15 is 0 Å². The van der Waals surface area contributed by atoms with Crippen LogP contribution < -0.4 is 10.2 Å². The number of hydrogen-bond donors (Lipinski definition) is 1. The summed E-state index contributed by atoms with van der Waals surface area (Å²) >= 11 is 1.39. The molecule has 28 heavy (non-hydrogen) atoms. The van der Waals surface area contributed by atoms with Crippen LogP contribution in [0.3, 0.4) is 0 Å². The molecule has 0 atom stereocenters. The molecule has 0 aliphatic rings. The smallest absolute Gasteiger partial charge is 0.311 e. The monoisotopic (exact) mass is 395 g/mol. The summed E-state index contributed by atoms with van der Waals surface area (Å²) in [5, 5.41) is 6.65. The third kappa shape index (κ3) is 5.40. The molecule has 144 valence electrons. The van der Waals surface area contributed by atoms with Gasteiger partial charge in [0.1, 0.15) is 5.75 Å². The zero-order valence-electron chi connectivity index (χ0n) is 15.7. The van der Waals surface area contributed by atoms with Crippen molar-refractivity contribution in [2.75, 3.05) is 19.1 Å². The fourth-order valence-electron chi connectivity index (χ4n) is 2.53. The van der Waals surface area contributed by atoms with E-state index in [0.29, 0.717) is 17.4 Å². The Labute approximate surface area is 167 Å². The molecule has 0 radical (unpaired) electrons. The summed E-state index contributed by atoms with van der Waals surface area (Å²) in [6.07, 6.45) is 1.89. The molecule has 0 spiro atoms. The lowest BCUT2D eigenvalue weighted by molar-refractivity contribution is -0.142. The second-order valence-electron chi connectivity index (χ2n) is 5.85. The molecule has 0 bridgehead atoms. The Morgan fingerprint density at radius 3 is 2.79 bits per heavy atom. The van der Waals surface area contributed by atoms with Crippen LogP contribution in [0.5, 0.6) is 5.75 Å². The number of nitrogens with one attached hydrogen (secondary N) is 1. The number of thiazole rings is 1. The number of hydrogen-bond acceptors (Lipinski definition) is 7. The van der Waals surface area contributed by atoms with Gasteiger partial charge in [-0.1, -0.05) is 36.4 Å². The van der Waals surface area contributed by atoms with Crippen molar-refractivity contribution < 1.29 is 14.3 Å². The number of hydrazone groups is 1. The van der Waals surface area contributed by atoms with Crippen LogP contribution in [0.2, 0.25) is 0 Å². The maximum Gasteiger partial charge on any atom is 0.311 e. The van der Waals surface area contributed by atoms with Crippen LogP contribution in [0.15, 0.2) is 59.0 Å². The minimum atomic E-state index is -0.279. The van der Waals surface area contributed by atoms with Gasteiger partial charge in [-0.05, 0) is 35.7 Å². The van der Waals surface area contributed by atoms with E-state index in [1.54, 1.807) is 20.2 Å². The number of benzene rings is 2. The summed E-state index contributed by atoms with van der Waals surface area (Å²) in [6.45, 7) is 2.15. The largest absolute Gasteiger partial charge is 0.497 e. The van der Waals surface area contributed by atoms with E-state index in [9.17, 15) is 4.79 Å². The molecule has 3 aromatic rings. The summed E-state index contributed by atoms with van der Waals surface area (Å²) in [4.78, 5) is 15.8. The van der Waals surface area contributed by atoms with E-state index in [0.717, 1.165) is 22.4 Å². The molecule has 6 nitrogen and oxygen atoms in total. The molecule has 0 saturated carbocycles. The van der Waals surface area contributed by atoms with E-state index < -0.39 is 0 Å². The standard InChI is InChI=1S/C21H21N3O3S/c1-3-27-20(25)12-18-14-28-21(23-18)24-22-13-15-7-9-16(10-8-15)17-5-4-6-19(11-17)26-2/h4-11,13-14H,3,12H2,1-2H3,(H,23,24). The third-order valence-corrected chi connectivity index (χ3v) is 4.67. The molecule has 1 N–H and O–H groups in total. The number of carbonyl (C=O) groups is 1. The highest BCUT2D eigenvalue weighted by atomic mass is 32.1. The topological polar surface area (TPSA) is 72.8 Å². The number of aromatic nitrogens is 1. The lowest BCUT2D eigenvalue weighted by Crippen LogP contribution is -2.07. The quantitative estimate of drug-likeness (QED) is 0.348. The van der Waals surface area contributed by atoms with E-state index in [1.165, 1.54) is 11.3 Å². The molecule has 0 amide bonds. The normalized spacial score (nSPS) is 10.8. The molecule has 7 heteroatoms. The van der Waals surface area contributed by atoms with Crippen molar-refractivity contribution in [1.82, 2.24) is 4.98 Å².